The lowest BCUT2D eigenvalue weighted by Gasteiger charge is -2.04. The van der Waals surface area contributed by atoms with Gasteiger partial charge in [0.05, 0.1) is 10.0 Å². The fourth-order valence-corrected chi connectivity index (χ4v) is 2.14. The third kappa shape index (κ3) is 2.84. The zero-order valence-corrected chi connectivity index (χ0v) is 12.0. The molecule has 4 nitrogen and oxygen atoms in total. The van der Waals surface area contributed by atoms with Crippen molar-refractivity contribution in [2.45, 2.75) is 0 Å². The van der Waals surface area contributed by atoms with E-state index in [0.29, 0.717) is 21.4 Å². The minimum Gasteiger partial charge on any atom is -0.321 e. The molecule has 1 amide bonds. The molecule has 7 heteroatoms. The molecule has 1 aromatic carbocycles. The van der Waals surface area contributed by atoms with Crippen LogP contribution in [-0.2, 0) is 0 Å². The maximum atomic E-state index is 13.1. The number of hydrogen-bond acceptors (Lipinski definition) is 2. The predicted molar refractivity (Wildman–Crippen MR) is 79.6 cm³/mol. The Morgan fingerprint density at radius 2 is 1.95 bits per heavy atom. The van der Waals surface area contributed by atoms with Crippen molar-refractivity contribution in [1.82, 2.24) is 9.38 Å². The van der Waals surface area contributed by atoms with E-state index in [1.807, 2.05) is 0 Å². The fourth-order valence-electron chi connectivity index (χ4n) is 1.84. The smallest absolute Gasteiger partial charge is 0.275 e. The molecule has 2 aromatic heterocycles. The number of pyridine rings is 1. The van der Waals surface area contributed by atoms with Gasteiger partial charge in [-0.05, 0) is 30.3 Å². The number of nitrogens with one attached hydrogen (secondary N) is 1. The lowest BCUT2D eigenvalue weighted by atomic mass is 10.3. The van der Waals surface area contributed by atoms with Crippen molar-refractivity contribution < 1.29 is 9.18 Å². The van der Waals surface area contributed by atoms with Gasteiger partial charge in [0.25, 0.3) is 5.91 Å². The molecule has 0 aliphatic rings. The Morgan fingerprint density at radius 3 is 2.71 bits per heavy atom. The van der Waals surface area contributed by atoms with E-state index in [9.17, 15) is 9.18 Å². The van der Waals surface area contributed by atoms with Gasteiger partial charge in [0.2, 0.25) is 0 Å². The fraction of sp³-hybridized carbons (Fsp3) is 0. The van der Waals surface area contributed by atoms with Gasteiger partial charge in [-0.2, -0.15) is 0 Å². The van der Waals surface area contributed by atoms with Crippen LogP contribution >= 0.6 is 23.2 Å². The first-order valence-electron chi connectivity index (χ1n) is 5.93. The quantitative estimate of drug-likeness (QED) is 0.773. The van der Waals surface area contributed by atoms with Gasteiger partial charge in [0.15, 0.2) is 0 Å². The Hall–Kier alpha value is -2.11. The van der Waals surface area contributed by atoms with Gasteiger partial charge in [-0.15, -0.1) is 0 Å². The highest BCUT2D eigenvalue weighted by molar-refractivity contribution is 6.42. The van der Waals surface area contributed by atoms with E-state index < -0.39 is 11.7 Å². The van der Waals surface area contributed by atoms with E-state index in [2.05, 4.69) is 10.3 Å². The van der Waals surface area contributed by atoms with Crippen LogP contribution in [0.3, 0.4) is 0 Å². The number of carbonyl (C=O) groups excluding carboxylic acids is 1. The van der Waals surface area contributed by atoms with Crippen LogP contribution in [0.25, 0.3) is 5.65 Å². The van der Waals surface area contributed by atoms with Crippen molar-refractivity contribution in [1.29, 1.82) is 0 Å². The number of nitrogens with zero attached hydrogens (tertiary/aromatic N) is 2. The highest BCUT2D eigenvalue weighted by Gasteiger charge is 2.12. The van der Waals surface area contributed by atoms with E-state index in [0.717, 1.165) is 0 Å². The van der Waals surface area contributed by atoms with Crippen LogP contribution in [0.15, 0.2) is 42.7 Å². The van der Waals surface area contributed by atoms with Crippen LogP contribution in [-0.4, -0.2) is 15.3 Å². The van der Waals surface area contributed by atoms with Gasteiger partial charge in [0.1, 0.15) is 17.2 Å². The summed E-state index contributed by atoms with van der Waals surface area (Å²) in [5, 5.41) is 3.39. The number of benzene rings is 1. The number of rotatable bonds is 2. The number of amides is 1. The van der Waals surface area contributed by atoms with Crippen LogP contribution < -0.4 is 5.32 Å². The van der Waals surface area contributed by atoms with Gasteiger partial charge in [-0.1, -0.05) is 23.2 Å². The van der Waals surface area contributed by atoms with Gasteiger partial charge < -0.3 is 9.72 Å². The summed E-state index contributed by atoms with van der Waals surface area (Å²) in [4.78, 5) is 16.2. The van der Waals surface area contributed by atoms with Crippen LogP contribution in [0, 0.1) is 5.82 Å². The number of halogens is 3. The van der Waals surface area contributed by atoms with E-state index >= 15 is 0 Å². The summed E-state index contributed by atoms with van der Waals surface area (Å²) in [6, 6.07) is 7.52. The van der Waals surface area contributed by atoms with E-state index in [1.54, 1.807) is 12.1 Å². The second-order valence-corrected chi connectivity index (χ2v) is 5.14. The monoisotopic (exact) mass is 323 g/mol. The summed E-state index contributed by atoms with van der Waals surface area (Å²) in [7, 11) is 0. The van der Waals surface area contributed by atoms with Crippen LogP contribution in [0.4, 0.5) is 10.1 Å². The molecule has 0 unspecified atom stereocenters. The third-order valence-electron chi connectivity index (χ3n) is 2.83. The van der Waals surface area contributed by atoms with E-state index in [4.69, 9.17) is 23.2 Å². The number of imidazole rings is 1. The van der Waals surface area contributed by atoms with Gasteiger partial charge in [-0.3, -0.25) is 4.79 Å². The molecule has 2 heterocycles. The molecule has 106 valence electrons. The zero-order chi connectivity index (χ0) is 15.0. The van der Waals surface area contributed by atoms with Crippen molar-refractivity contribution in [3.63, 3.8) is 0 Å². The van der Waals surface area contributed by atoms with Crippen molar-refractivity contribution in [3.05, 3.63) is 64.3 Å². The number of fused-ring (bicyclic) bond motifs is 1. The third-order valence-corrected chi connectivity index (χ3v) is 3.56. The summed E-state index contributed by atoms with van der Waals surface area (Å²) in [6.07, 6.45) is 2.70. The number of aromatic nitrogens is 2. The second-order valence-electron chi connectivity index (χ2n) is 4.32. The molecule has 0 atom stereocenters. The molecule has 0 saturated heterocycles. The SMILES string of the molecule is O=C(Nc1ccc(Cl)c(Cl)c1)c1cn2cc(F)ccc2n1. The summed E-state index contributed by atoms with van der Waals surface area (Å²) < 4.78 is 14.5. The molecule has 0 fully saturated rings. The van der Waals surface area contributed by atoms with Crippen LogP contribution in [0.2, 0.25) is 10.0 Å². The predicted octanol–water partition coefficient (Wildman–Crippen LogP) is 4.03. The standard InChI is InChI=1S/C14H8Cl2FN3O/c15-10-3-2-9(5-11(10)16)18-14(21)12-7-20-6-8(17)1-4-13(20)19-12/h1-7H,(H,18,21). The molecule has 0 saturated carbocycles. The first-order chi connectivity index (χ1) is 10.0. The molecule has 0 spiro atoms. The van der Waals surface area contributed by atoms with Crippen LogP contribution in [0.5, 0.6) is 0 Å². The first-order valence-corrected chi connectivity index (χ1v) is 6.69. The molecule has 0 bridgehead atoms. The molecule has 1 N–H and O–H groups in total. The molecule has 0 aliphatic heterocycles. The Balaban J connectivity index is 1.87. The Bertz CT molecular complexity index is 847. The normalized spacial score (nSPS) is 10.8. The average molecular weight is 324 g/mol. The Morgan fingerprint density at radius 1 is 1.14 bits per heavy atom. The largest absolute Gasteiger partial charge is 0.321 e. The maximum Gasteiger partial charge on any atom is 0.275 e. The van der Waals surface area contributed by atoms with Crippen LogP contribution in [0.1, 0.15) is 10.5 Å². The molecular formula is C14H8Cl2FN3O. The Kier molecular flexibility index (Phi) is 3.53. The summed E-state index contributed by atoms with van der Waals surface area (Å²) in [5.74, 6) is -0.825. The number of carbonyl (C=O) groups is 1. The average Bonchev–Trinajstić information content (AvgIpc) is 2.86. The van der Waals surface area contributed by atoms with Gasteiger partial charge in [0, 0.05) is 18.1 Å². The van der Waals surface area contributed by atoms with E-state index in [1.165, 1.54) is 35.0 Å². The molecule has 0 aliphatic carbocycles. The second kappa shape index (κ2) is 5.35. The zero-order valence-electron chi connectivity index (χ0n) is 10.5. The lowest BCUT2D eigenvalue weighted by molar-refractivity contribution is 0.102. The lowest BCUT2D eigenvalue weighted by Crippen LogP contribution is -2.12. The van der Waals surface area contributed by atoms with Gasteiger partial charge >= 0.3 is 0 Å². The topological polar surface area (TPSA) is 46.4 Å². The summed E-state index contributed by atoms with van der Waals surface area (Å²) >= 11 is 11.7. The van der Waals surface area contributed by atoms with E-state index in [-0.39, 0.29) is 5.69 Å². The number of hydrogen-bond donors (Lipinski definition) is 1. The number of anilines is 1. The van der Waals surface area contributed by atoms with Crippen molar-refractivity contribution in [2.75, 3.05) is 5.32 Å². The highest BCUT2D eigenvalue weighted by Crippen LogP contribution is 2.25. The summed E-state index contributed by atoms with van der Waals surface area (Å²) in [6.45, 7) is 0. The minimum atomic E-state index is -0.419. The first kappa shape index (κ1) is 13.9. The highest BCUT2D eigenvalue weighted by atomic mass is 35.5. The Labute approximate surface area is 129 Å². The summed E-state index contributed by atoms with van der Waals surface area (Å²) in [5.41, 5.74) is 1.15. The molecule has 0 radical (unpaired) electrons. The van der Waals surface area contributed by atoms with Gasteiger partial charge in [-0.25, -0.2) is 9.37 Å². The maximum absolute atomic E-state index is 13.1. The van der Waals surface area contributed by atoms with Crippen molar-refractivity contribution in [3.8, 4) is 0 Å². The van der Waals surface area contributed by atoms with Crippen molar-refractivity contribution >= 4 is 40.4 Å². The van der Waals surface area contributed by atoms with Crippen molar-refractivity contribution in [2.24, 2.45) is 0 Å². The molecular weight excluding hydrogens is 316 g/mol. The molecule has 21 heavy (non-hydrogen) atoms. The molecule has 3 rings (SSSR count). The minimum absolute atomic E-state index is 0.173. The molecule has 3 aromatic rings.